The van der Waals surface area contributed by atoms with E-state index in [9.17, 15) is 9.90 Å². The van der Waals surface area contributed by atoms with E-state index in [0.717, 1.165) is 12.0 Å². The molecule has 0 spiro atoms. The average Bonchev–Trinajstić information content (AvgIpc) is 2.61. The summed E-state index contributed by atoms with van der Waals surface area (Å²) in [4.78, 5) is 12.1. The Morgan fingerprint density at radius 2 is 1.88 bits per heavy atom. The molecule has 138 valence electrons. The fourth-order valence-electron chi connectivity index (χ4n) is 2.29. The second kappa shape index (κ2) is 8.52. The van der Waals surface area contributed by atoms with E-state index in [1.165, 1.54) is 12.3 Å². The molecule has 5 nitrogen and oxygen atoms in total. The fourth-order valence-corrected chi connectivity index (χ4v) is 2.29. The number of aromatic hydroxyl groups is 1. The third kappa shape index (κ3) is 5.34. The van der Waals surface area contributed by atoms with E-state index in [1.54, 1.807) is 24.3 Å². The Kier molecular flexibility index (Phi) is 6.39. The summed E-state index contributed by atoms with van der Waals surface area (Å²) in [5.41, 5.74) is 4.70. The first-order valence-corrected chi connectivity index (χ1v) is 8.71. The molecule has 0 aliphatic heterocycles. The van der Waals surface area contributed by atoms with E-state index >= 15 is 0 Å². The van der Waals surface area contributed by atoms with Crippen LogP contribution in [0.25, 0.3) is 0 Å². The summed E-state index contributed by atoms with van der Waals surface area (Å²) >= 11 is 0. The average molecular weight is 354 g/mol. The fraction of sp³-hybridized carbons (Fsp3) is 0.333. The summed E-state index contributed by atoms with van der Waals surface area (Å²) in [6, 6.07) is 12.4. The van der Waals surface area contributed by atoms with Crippen molar-refractivity contribution in [1.29, 1.82) is 0 Å². The topological polar surface area (TPSA) is 70.9 Å². The Morgan fingerprint density at radius 1 is 1.19 bits per heavy atom. The molecule has 1 amide bonds. The molecule has 0 aliphatic rings. The van der Waals surface area contributed by atoms with Gasteiger partial charge in [-0.3, -0.25) is 4.79 Å². The van der Waals surface area contributed by atoms with Gasteiger partial charge in [-0.15, -0.1) is 0 Å². The van der Waals surface area contributed by atoms with Crippen LogP contribution in [0.15, 0.2) is 47.6 Å². The van der Waals surface area contributed by atoms with Crippen molar-refractivity contribution in [2.75, 3.05) is 6.61 Å². The number of carbonyl (C=O) groups is 1. The van der Waals surface area contributed by atoms with Gasteiger partial charge in [-0.05, 0) is 41.7 Å². The van der Waals surface area contributed by atoms with Crippen LogP contribution in [0, 0.1) is 0 Å². The highest BCUT2D eigenvalue weighted by Crippen LogP contribution is 2.23. The van der Waals surface area contributed by atoms with Gasteiger partial charge in [0.15, 0.2) is 0 Å². The van der Waals surface area contributed by atoms with E-state index in [2.05, 4.69) is 31.3 Å². The van der Waals surface area contributed by atoms with Gasteiger partial charge < -0.3 is 9.84 Å². The number of phenolic OH excluding ortho intramolecular Hbond substituents is 1. The van der Waals surface area contributed by atoms with Crippen LogP contribution in [-0.4, -0.2) is 23.8 Å². The minimum absolute atomic E-state index is 0.0394. The normalized spacial score (nSPS) is 11.5. The Hall–Kier alpha value is -2.82. The zero-order valence-electron chi connectivity index (χ0n) is 15.7. The number of rotatable bonds is 6. The largest absolute Gasteiger partial charge is 0.507 e. The molecule has 0 saturated carbocycles. The van der Waals surface area contributed by atoms with Crippen LogP contribution in [0.3, 0.4) is 0 Å². The number of ether oxygens (including phenoxy) is 1. The Labute approximate surface area is 154 Å². The van der Waals surface area contributed by atoms with Crippen LogP contribution in [0.4, 0.5) is 0 Å². The molecule has 2 aromatic carbocycles. The maximum Gasteiger partial charge on any atom is 0.271 e. The van der Waals surface area contributed by atoms with Crippen LogP contribution in [0.2, 0.25) is 0 Å². The second-order valence-electron chi connectivity index (χ2n) is 7.10. The van der Waals surface area contributed by atoms with Gasteiger partial charge in [0, 0.05) is 17.2 Å². The van der Waals surface area contributed by atoms with E-state index in [0.29, 0.717) is 23.5 Å². The molecule has 0 atom stereocenters. The maximum absolute atomic E-state index is 12.1. The number of hydrogen-bond donors (Lipinski definition) is 2. The zero-order valence-corrected chi connectivity index (χ0v) is 15.7. The van der Waals surface area contributed by atoms with Crippen molar-refractivity contribution in [3.05, 3.63) is 59.2 Å². The zero-order chi connectivity index (χ0) is 19.2. The number of carbonyl (C=O) groups excluding carboxylic acids is 1. The van der Waals surface area contributed by atoms with Crippen LogP contribution in [0.5, 0.6) is 11.5 Å². The van der Waals surface area contributed by atoms with Gasteiger partial charge in [0.2, 0.25) is 0 Å². The molecule has 2 N–H and O–H groups in total. The summed E-state index contributed by atoms with van der Waals surface area (Å²) in [5, 5.41) is 13.9. The molecule has 0 unspecified atom stereocenters. The summed E-state index contributed by atoms with van der Waals surface area (Å²) < 4.78 is 5.45. The number of phenols is 1. The first-order valence-electron chi connectivity index (χ1n) is 8.71. The van der Waals surface area contributed by atoms with Gasteiger partial charge in [0.1, 0.15) is 11.5 Å². The molecule has 0 aromatic heterocycles. The van der Waals surface area contributed by atoms with Gasteiger partial charge in [0.25, 0.3) is 5.91 Å². The van der Waals surface area contributed by atoms with Gasteiger partial charge >= 0.3 is 0 Å². The van der Waals surface area contributed by atoms with Crippen molar-refractivity contribution in [3.8, 4) is 11.5 Å². The number of hydrazone groups is 1. The Morgan fingerprint density at radius 3 is 2.46 bits per heavy atom. The minimum atomic E-state index is -0.302. The van der Waals surface area contributed by atoms with Gasteiger partial charge in [-0.25, -0.2) is 5.43 Å². The van der Waals surface area contributed by atoms with Crippen LogP contribution in [0.1, 0.15) is 55.6 Å². The Bertz CT molecular complexity index is 775. The second-order valence-corrected chi connectivity index (χ2v) is 7.10. The van der Waals surface area contributed by atoms with Crippen LogP contribution >= 0.6 is 0 Å². The minimum Gasteiger partial charge on any atom is -0.507 e. The van der Waals surface area contributed by atoms with Crippen molar-refractivity contribution in [2.45, 2.75) is 39.5 Å². The lowest BCUT2D eigenvalue weighted by atomic mass is 9.87. The molecule has 0 fully saturated rings. The SMILES string of the molecule is CCCOc1ccc(/C=N/NC(=O)c2ccc(C(C)(C)C)cc2)c(O)c1. The number of nitrogens with zero attached hydrogens (tertiary/aromatic N) is 1. The number of hydrogen-bond acceptors (Lipinski definition) is 4. The number of benzene rings is 2. The standard InChI is InChI=1S/C21H26N2O3/c1-5-12-26-18-11-8-16(19(24)13-18)14-22-23-20(25)15-6-9-17(10-7-15)21(2,3)4/h6-11,13-14,24H,5,12H2,1-4H3,(H,23,25)/b22-14+. The van der Waals surface area contributed by atoms with Gasteiger partial charge in [-0.1, -0.05) is 39.8 Å². The molecule has 0 aliphatic carbocycles. The molecular formula is C21H26N2O3. The van der Waals surface area contributed by atoms with Gasteiger partial charge in [0.05, 0.1) is 12.8 Å². The summed E-state index contributed by atoms with van der Waals surface area (Å²) in [5.74, 6) is 0.347. The van der Waals surface area contributed by atoms with E-state index in [4.69, 9.17) is 4.74 Å². The predicted octanol–water partition coefficient (Wildman–Crippen LogP) is 4.24. The highest BCUT2D eigenvalue weighted by atomic mass is 16.5. The highest BCUT2D eigenvalue weighted by molar-refractivity contribution is 5.95. The summed E-state index contributed by atoms with van der Waals surface area (Å²) in [6.45, 7) is 8.98. The van der Waals surface area contributed by atoms with Crippen LogP contribution < -0.4 is 10.2 Å². The monoisotopic (exact) mass is 354 g/mol. The van der Waals surface area contributed by atoms with Crippen molar-refractivity contribution in [1.82, 2.24) is 5.43 Å². The van der Waals surface area contributed by atoms with Crippen molar-refractivity contribution < 1.29 is 14.6 Å². The first-order chi connectivity index (χ1) is 12.3. The molecule has 26 heavy (non-hydrogen) atoms. The maximum atomic E-state index is 12.1. The molecular weight excluding hydrogens is 328 g/mol. The van der Waals surface area contributed by atoms with Crippen molar-refractivity contribution in [2.24, 2.45) is 5.10 Å². The quantitative estimate of drug-likeness (QED) is 0.602. The molecule has 2 rings (SSSR count). The van der Waals surface area contributed by atoms with Crippen molar-refractivity contribution in [3.63, 3.8) is 0 Å². The lowest BCUT2D eigenvalue weighted by Crippen LogP contribution is -2.18. The van der Waals surface area contributed by atoms with Crippen molar-refractivity contribution >= 4 is 12.1 Å². The van der Waals surface area contributed by atoms with Crippen LogP contribution in [-0.2, 0) is 5.41 Å². The molecule has 0 saturated heterocycles. The summed E-state index contributed by atoms with van der Waals surface area (Å²) in [7, 11) is 0. The molecule has 0 radical (unpaired) electrons. The first kappa shape index (κ1) is 19.5. The Balaban J connectivity index is 1.98. The van der Waals surface area contributed by atoms with E-state index < -0.39 is 0 Å². The molecule has 2 aromatic rings. The van der Waals surface area contributed by atoms with E-state index in [-0.39, 0.29) is 17.1 Å². The summed E-state index contributed by atoms with van der Waals surface area (Å²) in [6.07, 6.45) is 2.30. The smallest absolute Gasteiger partial charge is 0.271 e. The highest BCUT2D eigenvalue weighted by Gasteiger charge is 2.14. The third-order valence-corrected chi connectivity index (χ3v) is 3.86. The van der Waals surface area contributed by atoms with Gasteiger partial charge in [-0.2, -0.15) is 5.10 Å². The molecule has 0 heterocycles. The molecule has 0 bridgehead atoms. The third-order valence-electron chi connectivity index (χ3n) is 3.86. The molecule has 5 heteroatoms. The lowest BCUT2D eigenvalue weighted by molar-refractivity contribution is 0.0955. The number of amides is 1. The number of nitrogens with one attached hydrogen (secondary N) is 1. The lowest BCUT2D eigenvalue weighted by Gasteiger charge is -2.18. The van der Waals surface area contributed by atoms with E-state index in [1.807, 2.05) is 19.1 Å². The predicted molar refractivity (Wildman–Crippen MR) is 104 cm³/mol.